The molecule has 1 saturated carbocycles. The van der Waals surface area contributed by atoms with E-state index in [-0.39, 0.29) is 30.1 Å². The predicted molar refractivity (Wildman–Crippen MR) is 86.8 cm³/mol. The Labute approximate surface area is 132 Å². The van der Waals surface area contributed by atoms with Gasteiger partial charge < -0.3 is 15.7 Å². The van der Waals surface area contributed by atoms with E-state index in [1.165, 1.54) is 0 Å². The molecule has 0 aromatic rings. The highest BCUT2D eigenvalue weighted by Crippen LogP contribution is 2.25. The van der Waals surface area contributed by atoms with E-state index in [4.69, 9.17) is 5.11 Å². The smallest absolute Gasteiger partial charge is 0.317 e. The van der Waals surface area contributed by atoms with Crippen molar-refractivity contribution in [1.82, 2.24) is 15.5 Å². The fourth-order valence-corrected chi connectivity index (χ4v) is 2.70. The number of rotatable bonds is 9. The number of nitrogens with zero attached hydrogens (tertiary/aromatic N) is 1. The zero-order valence-electron chi connectivity index (χ0n) is 13.9. The number of carbonyl (C=O) groups is 2. The number of carboxylic acid groups (broad SMARTS) is 1. The molecule has 22 heavy (non-hydrogen) atoms. The summed E-state index contributed by atoms with van der Waals surface area (Å²) in [6.07, 6.45) is 4.33. The van der Waals surface area contributed by atoms with Gasteiger partial charge >= 0.3 is 12.0 Å². The van der Waals surface area contributed by atoms with Gasteiger partial charge in [0.25, 0.3) is 0 Å². The van der Waals surface area contributed by atoms with Gasteiger partial charge in [-0.25, -0.2) is 4.79 Å². The van der Waals surface area contributed by atoms with Gasteiger partial charge in [-0.05, 0) is 31.2 Å². The molecule has 1 fully saturated rings. The molecule has 0 atom stereocenters. The van der Waals surface area contributed by atoms with Crippen molar-refractivity contribution in [3.63, 3.8) is 0 Å². The summed E-state index contributed by atoms with van der Waals surface area (Å²) in [5.74, 6) is -0.805. The van der Waals surface area contributed by atoms with Gasteiger partial charge in [0.05, 0.1) is 6.54 Å². The molecule has 0 aliphatic heterocycles. The van der Waals surface area contributed by atoms with Gasteiger partial charge in [-0.2, -0.15) is 0 Å². The Kier molecular flexibility index (Phi) is 6.87. The van der Waals surface area contributed by atoms with Crippen LogP contribution in [0.15, 0.2) is 12.7 Å². The molecule has 0 spiro atoms. The van der Waals surface area contributed by atoms with Gasteiger partial charge in [0.1, 0.15) is 0 Å². The first kappa shape index (κ1) is 18.5. The van der Waals surface area contributed by atoms with Crippen LogP contribution in [-0.2, 0) is 4.79 Å². The van der Waals surface area contributed by atoms with E-state index in [0.29, 0.717) is 13.1 Å². The van der Waals surface area contributed by atoms with Crippen LogP contribution in [0.1, 0.15) is 40.0 Å². The van der Waals surface area contributed by atoms with E-state index in [1.54, 1.807) is 0 Å². The molecule has 1 rings (SSSR count). The molecule has 1 aliphatic rings. The molecule has 6 nitrogen and oxygen atoms in total. The molecule has 1 aliphatic carbocycles. The average molecular weight is 311 g/mol. The van der Waals surface area contributed by atoms with E-state index in [9.17, 15) is 9.59 Å². The monoisotopic (exact) mass is 311 g/mol. The minimum Gasteiger partial charge on any atom is -0.480 e. The Morgan fingerprint density at radius 3 is 2.55 bits per heavy atom. The van der Waals surface area contributed by atoms with Gasteiger partial charge in [0.15, 0.2) is 0 Å². The third kappa shape index (κ3) is 6.05. The van der Waals surface area contributed by atoms with Crippen molar-refractivity contribution in [3.8, 4) is 0 Å². The fourth-order valence-electron chi connectivity index (χ4n) is 2.70. The normalized spacial score (nSPS) is 21.1. The Morgan fingerprint density at radius 2 is 2.05 bits per heavy atom. The number of hydrogen-bond donors (Lipinski definition) is 3. The summed E-state index contributed by atoms with van der Waals surface area (Å²) in [6.45, 7) is 11.2. The zero-order chi connectivity index (χ0) is 16.8. The number of carboxylic acids is 1. The van der Waals surface area contributed by atoms with Crippen LogP contribution in [0.4, 0.5) is 4.79 Å². The SMILES string of the molecule is C=CCC(C)(C)CNC(=O)NC1CC(N(CC)CC(=O)O)C1. The van der Waals surface area contributed by atoms with Gasteiger partial charge in [0.2, 0.25) is 0 Å². The summed E-state index contributed by atoms with van der Waals surface area (Å²) in [6, 6.07) is 0.237. The lowest BCUT2D eigenvalue weighted by molar-refractivity contribution is -0.139. The number of hydrogen-bond acceptors (Lipinski definition) is 3. The van der Waals surface area contributed by atoms with Crippen molar-refractivity contribution >= 4 is 12.0 Å². The third-order valence-electron chi connectivity index (χ3n) is 4.13. The van der Waals surface area contributed by atoms with Crippen molar-refractivity contribution in [2.75, 3.05) is 19.6 Å². The Morgan fingerprint density at radius 1 is 1.41 bits per heavy atom. The third-order valence-corrected chi connectivity index (χ3v) is 4.13. The molecule has 0 aromatic carbocycles. The second kappa shape index (κ2) is 8.17. The number of nitrogens with one attached hydrogen (secondary N) is 2. The van der Waals surface area contributed by atoms with Gasteiger partial charge in [-0.3, -0.25) is 9.69 Å². The summed E-state index contributed by atoms with van der Waals surface area (Å²) in [5, 5.41) is 14.7. The molecule has 2 amide bonds. The van der Waals surface area contributed by atoms with E-state index in [0.717, 1.165) is 19.3 Å². The minimum absolute atomic E-state index is 0.00172. The van der Waals surface area contributed by atoms with Gasteiger partial charge in [0, 0.05) is 18.6 Å². The highest BCUT2D eigenvalue weighted by atomic mass is 16.4. The maximum Gasteiger partial charge on any atom is 0.317 e. The summed E-state index contributed by atoms with van der Waals surface area (Å²) in [5.41, 5.74) is 0.00172. The molecule has 3 N–H and O–H groups in total. The van der Waals surface area contributed by atoms with Crippen molar-refractivity contribution in [3.05, 3.63) is 12.7 Å². The number of allylic oxidation sites excluding steroid dienone is 1. The second-order valence-electron chi connectivity index (χ2n) is 6.76. The van der Waals surface area contributed by atoms with Crippen LogP contribution < -0.4 is 10.6 Å². The molecule has 0 radical (unpaired) electrons. The molecule has 0 bridgehead atoms. The topological polar surface area (TPSA) is 81.7 Å². The minimum atomic E-state index is -0.805. The maximum atomic E-state index is 11.9. The lowest BCUT2D eigenvalue weighted by Gasteiger charge is -2.42. The molecule has 0 aromatic heterocycles. The molecule has 0 saturated heterocycles. The highest BCUT2D eigenvalue weighted by molar-refractivity contribution is 5.74. The molecular weight excluding hydrogens is 282 g/mol. The zero-order valence-corrected chi connectivity index (χ0v) is 13.9. The number of amides is 2. The molecule has 6 heteroatoms. The van der Waals surface area contributed by atoms with E-state index < -0.39 is 5.97 Å². The van der Waals surface area contributed by atoms with Crippen LogP contribution in [0, 0.1) is 5.41 Å². The number of carbonyl (C=O) groups excluding carboxylic acids is 1. The van der Waals surface area contributed by atoms with Crippen molar-refractivity contribution < 1.29 is 14.7 Å². The molecule has 0 heterocycles. The summed E-state index contributed by atoms with van der Waals surface area (Å²) in [7, 11) is 0. The van der Waals surface area contributed by atoms with Crippen LogP contribution in [0.5, 0.6) is 0 Å². The van der Waals surface area contributed by atoms with Crippen molar-refractivity contribution in [2.24, 2.45) is 5.41 Å². The summed E-state index contributed by atoms with van der Waals surface area (Å²) < 4.78 is 0. The molecule has 0 unspecified atom stereocenters. The average Bonchev–Trinajstić information content (AvgIpc) is 2.37. The Bertz CT molecular complexity index is 403. The quantitative estimate of drug-likeness (QED) is 0.567. The summed E-state index contributed by atoms with van der Waals surface area (Å²) in [4.78, 5) is 24.6. The lowest BCUT2D eigenvalue weighted by Crippen LogP contribution is -2.56. The molecular formula is C16H29N3O3. The van der Waals surface area contributed by atoms with E-state index in [1.807, 2.05) is 17.9 Å². The van der Waals surface area contributed by atoms with Crippen molar-refractivity contribution in [1.29, 1.82) is 0 Å². The largest absolute Gasteiger partial charge is 0.480 e. The second-order valence-corrected chi connectivity index (χ2v) is 6.76. The van der Waals surface area contributed by atoms with Gasteiger partial charge in [-0.15, -0.1) is 6.58 Å². The van der Waals surface area contributed by atoms with E-state index in [2.05, 4.69) is 31.1 Å². The van der Waals surface area contributed by atoms with Crippen LogP contribution in [0.25, 0.3) is 0 Å². The van der Waals surface area contributed by atoms with Crippen molar-refractivity contribution in [2.45, 2.75) is 52.1 Å². The number of likely N-dealkylation sites (N-methyl/N-ethyl adjacent to an activating group) is 1. The lowest BCUT2D eigenvalue weighted by atomic mass is 9.85. The standard InChI is InChI=1S/C16H29N3O3/c1-5-7-16(3,4)11-17-15(22)18-12-8-13(9-12)19(6-2)10-14(20)21/h5,12-13H,1,6-11H2,2-4H3,(H,20,21)(H2,17,18,22). The first-order valence-corrected chi connectivity index (χ1v) is 7.88. The first-order chi connectivity index (χ1) is 10.3. The number of urea groups is 1. The Balaban J connectivity index is 2.26. The fraction of sp³-hybridized carbons (Fsp3) is 0.750. The predicted octanol–water partition coefficient (Wildman–Crippen LogP) is 1.83. The first-order valence-electron chi connectivity index (χ1n) is 7.88. The summed E-state index contributed by atoms with van der Waals surface area (Å²) >= 11 is 0. The number of aliphatic carboxylic acids is 1. The maximum absolute atomic E-state index is 11.9. The van der Waals surface area contributed by atoms with Crippen LogP contribution in [0.3, 0.4) is 0 Å². The molecule has 126 valence electrons. The van der Waals surface area contributed by atoms with Crippen LogP contribution in [0.2, 0.25) is 0 Å². The Hall–Kier alpha value is -1.56. The van der Waals surface area contributed by atoms with Crippen LogP contribution in [-0.4, -0.2) is 53.7 Å². The van der Waals surface area contributed by atoms with Crippen LogP contribution >= 0.6 is 0 Å². The highest BCUT2D eigenvalue weighted by Gasteiger charge is 2.34. The van der Waals surface area contributed by atoms with Gasteiger partial charge in [-0.1, -0.05) is 26.8 Å². The van der Waals surface area contributed by atoms with E-state index >= 15 is 0 Å².